The summed E-state index contributed by atoms with van der Waals surface area (Å²) in [6, 6.07) is 7.42. The second-order valence-electron chi connectivity index (χ2n) is 3.87. The van der Waals surface area contributed by atoms with E-state index in [4.69, 9.17) is 16.3 Å². The molecule has 0 N–H and O–H groups in total. The molecule has 2 aromatic rings. The largest absolute Gasteiger partial charge is 0.496 e. The summed E-state index contributed by atoms with van der Waals surface area (Å²) in [5.41, 5.74) is 1.81. The number of methoxy groups -OCH3 is 1. The number of nitrogens with zero attached hydrogens (tertiary/aromatic N) is 3. The van der Waals surface area contributed by atoms with Crippen molar-refractivity contribution in [1.29, 1.82) is 5.26 Å². The number of hydrogen-bond acceptors (Lipinski definition) is 3. The van der Waals surface area contributed by atoms with Gasteiger partial charge in [-0.25, -0.2) is 4.98 Å². The Morgan fingerprint density at radius 1 is 1.44 bits per heavy atom. The van der Waals surface area contributed by atoms with E-state index >= 15 is 0 Å². The third kappa shape index (κ3) is 1.93. The van der Waals surface area contributed by atoms with Gasteiger partial charge in [0.15, 0.2) is 0 Å². The molecule has 18 heavy (non-hydrogen) atoms. The Hall–Kier alpha value is -1.99. The van der Waals surface area contributed by atoms with Crippen LogP contribution >= 0.6 is 11.6 Å². The van der Waals surface area contributed by atoms with Crippen molar-refractivity contribution in [2.24, 2.45) is 7.05 Å². The van der Waals surface area contributed by atoms with Crippen LogP contribution in [0.5, 0.6) is 5.75 Å². The van der Waals surface area contributed by atoms with Gasteiger partial charge in [-0.15, -0.1) is 0 Å². The fourth-order valence-electron chi connectivity index (χ4n) is 1.79. The Morgan fingerprint density at radius 2 is 2.17 bits per heavy atom. The smallest absolute Gasteiger partial charge is 0.148 e. The molecule has 0 aliphatic rings. The molecule has 0 spiro atoms. The van der Waals surface area contributed by atoms with Gasteiger partial charge in [0, 0.05) is 17.6 Å². The van der Waals surface area contributed by atoms with Crippen LogP contribution in [0.2, 0.25) is 5.02 Å². The fourth-order valence-corrected chi connectivity index (χ4v) is 1.96. The van der Waals surface area contributed by atoms with E-state index in [-0.39, 0.29) is 0 Å². The van der Waals surface area contributed by atoms with Gasteiger partial charge in [-0.3, -0.25) is 0 Å². The van der Waals surface area contributed by atoms with E-state index < -0.39 is 0 Å². The standard InChI is InChI=1S/C13H12ClN3O/c1-8-16-13(11(7-15)17(8)2)10-6-9(14)4-5-12(10)18-3/h4-6H,1-3H3. The molecule has 0 fully saturated rings. The number of nitriles is 1. The minimum Gasteiger partial charge on any atom is -0.496 e. The third-order valence-corrected chi connectivity index (χ3v) is 3.08. The van der Waals surface area contributed by atoms with Crippen LogP contribution < -0.4 is 4.74 Å². The van der Waals surface area contributed by atoms with Crippen LogP contribution in [0.4, 0.5) is 0 Å². The lowest BCUT2D eigenvalue weighted by molar-refractivity contribution is 0.416. The third-order valence-electron chi connectivity index (χ3n) is 2.84. The zero-order valence-electron chi connectivity index (χ0n) is 10.4. The summed E-state index contributed by atoms with van der Waals surface area (Å²) in [5, 5.41) is 9.80. The van der Waals surface area contributed by atoms with Gasteiger partial charge < -0.3 is 9.30 Å². The van der Waals surface area contributed by atoms with Crippen LogP contribution in [0.3, 0.4) is 0 Å². The van der Waals surface area contributed by atoms with Gasteiger partial charge in [0.05, 0.1) is 7.11 Å². The highest BCUT2D eigenvalue weighted by atomic mass is 35.5. The van der Waals surface area contributed by atoms with Crippen molar-refractivity contribution in [3.63, 3.8) is 0 Å². The van der Waals surface area contributed by atoms with Gasteiger partial charge in [-0.2, -0.15) is 5.26 Å². The number of hydrogen-bond donors (Lipinski definition) is 0. The maximum absolute atomic E-state index is 9.22. The predicted molar refractivity (Wildman–Crippen MR) is 69.7 cm³/mol. The summed E-state index contributed by atoms with van der Waals surface area (Å²) in [7, 11) is 3.38. The monoisotopic (exact) mass is 261 g/mol. The summed E-state index contributed by atoms with van der Waals surface area (Å²) in [6.07, 6.45) is 0. The van der Waals surface area contributed by atoms with Crippen molar-refractivity contribution < 1.29 is 4.74 Å². The molecule has 0 atom stereocenters. The van der Waals surface area contributed by atoms with Crippen LogP contribution in [0.15, 0.2) is 18.2 Å². The normalized spacial score (nSPS) is 10.2. The minimum atomic E-state index is 0.494. The van der Waals surface area contributed by atoms with Crippen molar-refractivity contribution in [2.45, 2.75) is 6.92 Å². The average molecular weight is 262 g/mol. The van der Waals surface area contributed by atoms with Crippen molar-refractivity contribution in [3.05, 3.63) is 34.7 Å². The van der Waals surface area contributed by atoms with Gasteiger partial charge in [0.2, 0.25) is 0 Å². The van der Waals surface area contributed by atoms with Crippen molar-refractivity contribution in [2.75, 3.05) is 7.11 Å². The van der Waals surface area contributed by atoms with E-state index in [0.29, 0.717) is 22.2 Å². The Balaban J connectivity index is 2.73. The number of aryl methyl sites for hydroxylation is 1. The molecule has 1 heterocycles. The number of benzene rings is 1. The highest BCUT2D eigenvalue weighted by molar-refractivity contribution is 6.31. The molecule has 1 aromatic carbocycles. The van der Waals surface area contributed by atoms with E-state index in [1.54, 1.807) is 36.9 Å². The first-order chi connectivity index (χ1) is 8.58. The van der Waals surface area contributed by atoms with Crippen LogP contribution in [0.25, 0.3) is 11.3 Å². The lowest BCUT2D eigenvalue weighted by Crippen LogP contribution is -1.95. The molecule has 0 aliphatic heterocycles. The quantitative estimate of drug-likeness (QED) is 0.835. The molecule has 0 radical (unpaired) electrons. The maximum Gasteiger partial charge on any atom is 0.148 e. The Kier molecular flexibility index (Phi) is 3.26. The molecule has 0 unspecified atom stereocenters. The number of rotatable bonds is 2. The summed E-state index contributed by atoms with van der Waals surface area (Å²) in [5.74, 6) is 1.41. The predicted octanol–water partition coefficient (Wildman–Crippen LogP) is 2.93. The molecule has 0 aliphatic carbocycles. The molecular formula is C13H12ClN3O. The summed E-state index contributed by atoms with van der Waals surface area (Å²) >= 11 is 5.99. The molecule has 1 aromatic heterocycles. The van der Waals surface area contributed by atoms with Gasteiger partial charge >= 0.3 is 0 Å². The van der Waals surface area contributed by atoms with Crippen LogP contribution in [0.1, 0.15) is 11.5 Å². The number of aromatic nitrogens is 2. The molecular weight excluding hydrogens is 250 g/mol. The number of ether oxygens (including phenoxy) is 1. The lowest BCUT2D eigenvalue weighted by Gasteiger charge is -2.07. The SMILES string of the molecule is COc1ccc(Cl)cc1-c1nc(C)n(C)c1C#N. The second-order valence-corrected chi connectivity index (χ2v) is 4.31. The van der Waals surface area contributed by atoms with Crippen molar-refractivity contribution >= 4 is 11.6 Å². The maximum atomic E-state index is 9.22. The Morgan fingerprint density at radius 3 is 2.78 bits per heavy atom. The molecule has 0 saturated heterocycles. The molecule has 0 saturated carbocycles. The lowest BCUT2D eigenvalue weighted by atomic mass is 10.1. The van der Waals surface area contributed by atoms with Gasteiger partial charge in [0.1, 0.15) is 29.0 Å². The zero-order chi connectivity index (χ0) is 13.3. The summed E-state index contributed by atoms with van der Waals surface area (Å²) in [6.45, 7) is 1.85. The van der Waals surface area contributed by atoms with Crippen molar-refractivity contribution in [3.8, 4) is 23.1 Å². The topological polar surface area (TPSA) is 50.8 Å². The summed E-state index contributed by atoms with van der Waals surface area (Å²) < 4.78 is 7.03. The fraction of sp³-hybridized carbons (Fsp3) is 0.231. The molecule has 0 amide bonds. The molecule has 5 heteroatoms. The van der Waals surface area contributed by atoms with E-state index in [2.05, 4.69) is 11.1 Å². The van der Waals surface area contributed by atoms with Gasteiger partial charge in [-0.1, -0.05) is 11.6 Å². The van der Waals surface area contributed by atoms with Crippen LogP contribution in [-0.4, -0.2) is 16.7 Å². The van der Waals surface area contributed by atoms with Crippen LogP contribution in [-0.2, 0) is 7.05 Å². The first-order valence-corrected chi connectivity index (χ1v) is 5.73. The van der Waals surface area contributed by atoms with E-state index in [1.165, 1.54) is 0 Å². The van der Waals surface area contributed by atoms with E-state index in [1.807, 2.05) is 6.92 Å². The second kappa shape index (κ2) is 4.71. The summed E-state index contributed by atoms with van der Waals surface area (Å²) in [4.78, 5) is 4.40. The molecule has 92 valence electrons. The molecule has 0 bridgehead atoms. The number of halogens is 1. The van der Waals surface area contributed by atoms with Gasteiger partial charge in [0.25, 0.3) is 0 Å². The zero-order valence-corrected chi connectivity index (χ0v) is 11.1. The highest BCUT2D eigenvalue weighted by Gasteiger charge is 2.17. The highest BCUT2D eigenvalue weighted by Crippen LogP contribution is 2.33. The van der Waals surface area contributed by atoms with E-state index in [9.17, 15) is 5.26 Å². The molecule has 4 nitrogen and oxygen atoms in total. The number of imidazole rings is 1. The Bertz CT molecular complexity index is 640. The minimum absolute atomic E-state index is 0.494. The van der Waals surface area contributed by atoms with Crippen molar-refractivity contribution in [1.82, 2.24) is 9.55 Å². The first-order valence-electron chi connectivity index (χ1n) is 5.35. The first kappa shape index (κ1) is 12.5. The molecule has 2 rings (SSSR count). The Labute approximate surface area is 110 Å². The average Bonchev–Trinajstić information content (AvgIpc) is 2.65. The van der Waals surface area contributed by atoms with E-state index in [0.717, 1.165) is 11.4 Å². The van der Waals surface area contributed by atoms with Gasteiger partial charge in [-0.05, 0) is 25.1 Å². The van der Waals surface area contributed by atoms with Crippen LogP contribution in [0, 0.1) is 18.3 Å².